The van der Waals surface area contributed by atoms with Gasteiger partial charge in [0.25, 0.3) is 5.91 Å². The predicted molar refractivity (Wildman–Crippen MR) is 85.1 cm³/mol. The Morgan fingerprint density at radius 1 is 1.36 bits per heavy atom. The summed E-state index contributed by atoms with van der Waals surface area (Å²) in [5, 5.41) is 7.77. The summed E-state index contributed by atoms with van der Waals surface area (Å²) in [6.07, 6.45) is 2.74. The molecule has 0 aliphatic heterocycles. The van der Waals surface area contributed by atoms with Crippen LogP contribution in [0, 0.1) is 0 Å². The van der Waals surface area contributed by atoms with Crippen molar-refractivity contribution in [3.63, 3.8) is 0 Å². The zero-order chi connectivity index (χ0) is 16.3. The highest BCUT2D eigenvalue weighted by atomic mass is 32.1. The van der Waals surface area contributed by atoms with Crippen LogP contribution in [0.15, 0.2) is 28.4 Å². The van der Waals surface area contributed by atoms with Crippen LogP contribution < -0.4 is 10.6 Å². The molecule has 2 heterocycles. The fourth-order valence-electron chi connectivity index (χ4n) is 1.63. The van der Waals surface area contributed by atoms with Gasteiger partial charge in [-0.05, 0) is 13.0 Å². The molecular weight excluding hydrogens is 302 g/mol. The number of hydrogen-bond donors (Lipinski definition) is 2. The lowest BCUT2D eigenvalue weighted by atomic mass is 9.93. The summed E-state index contributed by atoms with van der Waals surface area (Å²) in [7, 11) is 0. The third-order valence-electron chi connectivity index (χ3n) is 3.03. The minimum Gasteiger partial charge on any atom is -0.472 e. The molecule has 0 aromatic carbocycles. The Hall–Kier alpha value is -2.15. The summed E-state index contributed by atoms with van der Waals surface area (Å²) in [6.45, 7) is 7.79. The number of anilines is 1. The Morgan fingerprint density at radius 2 is 2.09 bits per heavy atom. The van der Waals surface area contributed by atoms with Gasteiger partial charge in [-0.15, -0.1) is 11.3 Å². The topological polar surface area (TPSA) is 84.2 Å². The first-order valence-electron chi connectivity index (χ1n) is 6.87. The molecular formula is C15H19N3O3S. The third-order valence-corrected chi connectivity index (χ3v) is 3.78. The average Bonchev–Trinajstić information content (AvgIpc) is 3.08. The van der Waals surface area contributed by atoms with E-state index >= 15 is 0 Å². The van der Waals surface area contributed by atoms with Crippen molar-refractivity contribution in [2.75, 3.05) is 5.32 Å². The molecule has 22 heavy (non-hydrogen) atoms. The molecule has 7 heteroatoms. The first-order chi connectivity index (χ1) is 10.3. The molecule has 0 aliphatic carbocycles. The van der Waals surface area contributed by atoms with Crippen LogP contribution >= 0.6 is 11.3 Å². The van der Waals surface area contributed by atoms with Gasteiger partial charge in [0, 0.05) is 10.8 Å². The monoisotopic (exact) mass is 321 g/mol. The molecule has 0 saturated carbocycles. The van der Waals surface area contributed by atoms with Gasteiger partial charge in [0.15, 0.2) is 5.13 Å². The molecule has 2 aromatic rings. The van der Waals surface area contributed by atoms with Crippen LogP contribution in [0.25, 0.3) is 0 Å². The highest BCUT2D eigenvalue weighted by Gasteiger charge is 2.21. The average molecular weight is 321 g/mol. The van der Waals surface area contributed by atoms with E-state index in [0.29, 0.717) is 10.7 Å². The van der Waals surface area contributed by atoms with Gasteiger partial charge in [0.05, 0.1) is 17.5 Å². The van der Waals surface area contributed by atoms with Gasteiger partial charge in [-0.3, -0.25) is 9.59 Å². The van der Waals surface area contributed by atoms with Gasteiger partial charge >= 0.3 is 0 Å². The van der Waals surface area contributed by atoms with Crippen molar-refractivity contribution < 1.29 is 14.0 Å². The largest absolute Gasteiger partial charge is 0.472 e. The number of aromatic nitrogens is 1. The number of carbonyl (C=O) groups is 2. The van der Waals surface area contributed by atoms with Crippen molar-refractivity contribution in [3.05, 3.63) is 35.2 Å². The summed E-state index contributed by atoms with van der Waals surface area (Å²) >= 11 is 1.37. The van der Waals surface area contributed by atoms with Crippen molar-refractivity contribution >= 4 is 28.3 Å². The van der Waals surface area contributed by atoms with E-state index in [1.54, 1.807) is 6.92 Å². The van der Waals surface area contributed by atoms with Crippen molar-refractivity contribution in [2.45, 2.75) is 39.2 Å². The maximum absolute atomic E-state index is 12.1. The SMILES string of the molecule is CC(NC(=O)c1ccoc1)C(=O)Nc1nc(C(C)(C)C)cs1. The predicted octanol–water partition coefficient (Wildman–Crippen LogP) is 2.79. The first-order valence-corrected chi connectivity index (χ1v) is 7.75. The number of thiazole rings is 1. The Kier molecular flexibility index (Phi) is 4.65. The van der Waals surface area contributed by atoms with Gasteiger partial charge in [0.2, 0.25) is 5.91 Å². The van der Waals surface area contributed by atoms with E-state index < -0.39 is 6.04 Å². The lowest BCUT2D eigenvalue weighted by Crippen LogP contribution is -2.41. The highest BCUT2D eigenvalue weighted by Crippen LogP contribution is 2.26. The molecule has 2 amide bonds. The van der Waals surface area contributed by atoms with E-state index in [1.807, 2.05) is 5.38 Å². The molecule has 0 bridgehead atoms. The Labute approximate surface area is 132 Å². The zero-order valence-electron chi connectivity index (χ0n) is 13.0. The van der Waals surface area contributed by atoms with Gasteiger partial charge in [-0.25, -0.2) is 4.98 Å². The number of nitrogens with one attached hydrogen (secondary N) is 2. The number of nitrogens with zero attached hydrogens (tertiary/aromatic N) is 1. The first kappa shape index (κ1) is 16.2. The Morgan fingerprint density at radius 3 is 2.64 bits per heavy atom. The molecule has 6 nitrogen and oxygen atoms in total. The molecule has 1 unspecified atom stereocenters. The normalized spacial score (nSPS) is 12.7. The Balaban J connectivity index is 1.94. The minimum absolute atomic E-state index is 0.0689. The van der Waals surface area contributed by atoms with Crippen LogP contribution in [-0.2, 0) is 10.2 Å². The van der Waals surface area contributed by atoms with E-state index in [9.17, 15) is 9.59 Å². The van der Waals surface area contributed by atoms with E-state index in [4.69, 9.17) is 4.42 Å². The van der Waals surface area contributed by atoms with Gasteiger partial charge in [-0.1, -0.05) is 20.8 Å². The van der Waals surface area contributed by atoms with Crippen molar-refractivity contribution in [2.24, 2.45) is 0 Å². The molecule has 118 valence electrons. The number of hydrogen-bond acceptors (Lipinski definition) is 5. The molecule has 0 spiro atoms. The highest BCUT2D eigenvalue weighted by molar-refractivity contribution is 7.14. The number of furan rings is 1. The molecule has 1 atom stereocenters. The van der Waals surface area contributed by atoms with Crippen LogP contribution in [-0.4, -0.2) is 22.8 Å². The number of rotatable bonds is 4. The van der Waals surface area contributed by atoms with Gasteiger partial charge < -0.3 is 15.1 Å². The maximum Gasteiger partial charge on any atom is 0.255 e. The fourth-order valence-corrected chi connectivity index (χ4v) is 2.57. The molecule has 2 aromatic heterocycles. The van der Waals surface area contributed by atoms with E-state index in [-0.39, 0.29) is 17.2 Å². The fraction of sp³-hybridized carbons (Fsp3) is 0.400. The molecule has 2 rings (SSSR count). The quantitative estimate of drug-likeness (QED) is 0.907. The van der Waals surface area contributed by atoms with Crippen LogP contribution in [0.3, 0.4) is 0 Å². The minimum atomic E-state index is -0.676. The van der Waals surface area contributed by atoms with Crippen LogP contribution in [0.1, 0.15) is 43.7 Å². The summed E-state index contributed by atoms with van der Waals surface area (Å²) < 4.78 is 4.84. The number of carbonyl (C=O) groups excluding carboxylic acids is 2. The van der Waals surface area contributed by atoms with Crippen molar-refractivity contribution in [1.29, 1.82) is 0 Å². The van der Waals surface area contributed by atoms with Crippen LogP contribution in [0.5, 0.6) is 0 Å². The molecule has 0 aliphatic rings. The van der Waals surface area contributed by atoms with Crippen LogP contribution in [0.4, 0.5) is 5.13 Å². The molecule has 0 radical (unpaired) electrons. The Bertz CT molecular complexity index is 656. The van der Waals surface area contributed by atoms with Crippen molar-refractivity contribution in [3.8, 4) is 0 Å². The van der Waals surface area contributed by atoms with Crippen LogP contribution in [0.2, 0.25) is 0 Å². The van der Waals surface area contributed by atoms with E-state index in [0.717, 1.165) is 5.69 Å². The zero-order valence-corrected chi connectivity index (χ0v) is 13.8. The summed E-state index contributed by atoms with van der Waals surface area (Å²) in [5.74, 6) is -0.669. The second-order valence-electron chi connectivity index (χ2n) is 5.98. The van der Waals surface area contributed by atoms with Gasteiger partial charge in [0.1, 0.15) is 12.3 Å². The summed E-state index contributed by atoms with van der Waals surface area (Å²) in [6, 6.07) is 0.862. The molecule has 2 N–H and O–H groups in total. The third kappa shape index (κ3) is 3.94. The molecule has 0 saturated heterocycles. The second kappa shape index (κ2) is 6.31. The lowest BCUT2D eigenvalue weighted by Gasteiger charge is -2.14. The number of amides is 2. The van der Waals surface area contributed by atoms with E-state index in [2.05, 4.69) is 36.4 Å². The maximum atomic E-state index is 12.1. The summed E-state index contributed by atoms with van der Waals surface area (Å²) in [5.41, 5.74) is 1.23. The van der Waals surface area contributed by atoms with E-state index in [1.165, 1.54) is 29.9 Å². The standard InChI is InChI=1S/C15H19N3O3S/c1-9(16-13(20)10-5-6-21-7-10)12(19)18-14-17-11(8-22-14)15(2,3)4/h5-9H,1-4H3,(H,16,20)(H,17,18,19). The molecule has 0 fully saturated rings. The second-order valence-corrected chi connectivity index (χ2v) is 6.84. The van der Waals surface area contributed by atoms with Gasteiger partial charge in [-0.2, -0.15) is 0 Å². The smallest absolute Gasteiger partial charge is 0.255 e. The lowest BCUT2D eigenvalue weighted by molar-refractivity contribution is -0.117. The van der Waals surface area contributed by atoms with Crippen molar-refractivity contribution in [1.82, 2.24) is 10.3 Å². The summed E-state index contributed by atoms with van der Waals surface area (Å²) in [4.78, 5) is 28.3.